The Kier molecular flexibility index (Phi) is 6.91. The lowest BCUT2D eigenvalue weighted by Gasteiger charge is -2.09. The Morgan fingerprint density at radius 3 is 2.68 bits per heavy atom. The quantitative estimate of drug-likeness (QED) is 0.539. The molecule has 0 spiro atoms. The zero-order valence-corrected chi connectivity index (χ0v) is 14.8. The Hall–Kier alpha value is -2.44. The molecule has 0 bridgehead atoms. The molecule has 25 heavy (non-hydrogen) atoms. The van der Waals surface area contributed by atoms with Gasteiger partial charge in [-0.3, -0.25) is 9.59 Å². The number of ether oxygens (including phenoxy) is 2. The van der Waals surface area contributed by atoms with Crippen molar-refractivity contribution in [2.45, 2.75) is 33.5 Å². The number of aromatic nitrogens is 1. The van der Waals surface area contributed by atoms with Gasteiger partial charge in [-0.25, -0.2) is 0 Å². The summed E-state index contributed by atoms with van der Waals surface area (Å²) in [6, 6.07) is 8.99. The second-order valence-electron chi connectivity index (χ2n) is 5.98. The number of carbonyl (C=O) groups excluding carboxylic acids is 2. The van der Waals surface area contributed by atoms with Crippen molar-refractivity contribution >= 4 is 17.4 Å². The molecule has 0 saturated carbocycles. The second-order valence-corrected chi connectivity index (χ2v) is 5.98. The summed E-state index contributed by atoms with van der Waals surface area (Å²) in [5.74, 6) is -0.383. The number of hydrogen-bond donors (Lipinski definition) is 2. The fourth-order valence-electron chi connectivity index (χ4n) is 2.20. The van der Waals surface area contributed by atoms with Gasteiger partial charge in [-0.15, -0.1) is 0 Å². The van der Waals surface area contributed by atoms with Gasteiger partial charge in [0.15, 0.2) is 5.78 Å². The predicted octanol–water partition coefficient (Wildman–Crippen LogP) is 3.41. The fourth-order valence-corrected chi connectivity index (χ4v) is 2.20. The van der Waals surface area contributed by atoms with Crippen molar-refractivity contribution in [1.29, 1.82) is 0 Å². The number of nitrogens with one attached hydrogen (secondary N) is 2. The van der Waals surface area contributed by atoms with Crippen LogP contribution in [-0.2, 0) is 16.1 Å². The number of aromatic amines is 1. The van der Waals surface area contributed by atoms with Crippen LogP contribution >= 0.6 is 0 Å². The van der Waals surface area contributed by atoms with E-state index in [2.05, 4.69) is 10.3 Å². The molecule has 0 saturated heterocycles. The molecule has 1 aromatic heterocycles. The number of H-pyrrole nitrogens is 1. The number of hydrogen-bond acceptors (Lipinski definition) is 4. The molecule has 2 aromatic rings. The van der Waals surface area contributed by atoms with Gasteiger partial charge in [0.05, 0.1) is 25.9 Å². The lowest BCUT2D eigenvalue weighted by atomic mass is 10.2. The summed E-state index contributed by atoms with van der Waals surface area (Å²) in [4.78, 5) is 26.3. The first kappa shape index (κ1) is 18.9. The molecular formula is C19H24N2O4. The summed E-state index contributed by atoms with van der Waals surface area (Å²) in [5.41, 5.74) is 2.45. The largest absolute Gasteiger partial charge is 0.376 e. The molecule has 0 fully saturated rings. The molecule has 6 heteroatoms. The fraction of sp³-hybridized carbons (Fsp3) is 0.368. The molecule has 134 valence electrons. The zero-order valence-electron chi connectivity index (χ0n) is 14.8. The monoisotopic (exact) mass is 344 g/mol. The Balaban J connectivity index is 1.87. The molecule has 6 nitrogen and oxygen atoms in total. The molecular weight excluding hydrogens is 320 g/mol. The minimum absolute atomic E-state index is 0.0871. The van der Waals surface area contributed by atoms with E-state index in [9.17, 15) is 9.59 Å². The van der Waals surface area contributed by atoms with E-state index in [1.807, 2.05) is 32.0 Å². The van der Waals surface area contributed by atoms with Gasteiger partial charge in [-0.05, 0) is 44.5 Å². The zero-order chi connectivity index (χ0) is 18.2. The SMILES string of the molecule is CC(=O)c1c[nH]c(C(=O)Nc2cccc(COCCOC(C)C)c2)c1. The lowest BCUT2D eigenvalue weighted by Crippen LogP contribution is -2.12. The number of carbonyl (C=O) groups is 2. The van der Waals surface area contributed by atoms with Gasteiger partial charge in [0.25, 0.3) is 5.91 Å². The summed E-state index contributed by atoms with van der Waals surface area (Å²) in [5, 5.41) is 2.81. The van der Waals surface area contributed by atoms with Crippen LogP contribution in [0.3, 0.4) is 0 Å². The highest BCUT2D eigenvalue weighted by Crippen LogP contribution is 2.14. The maximum atomic E-state index is 12.2. The maximum absolute atomic E-state index is 12.2. The molecule has 0 atom stereocenters. The third-order valence-corrected chi connectivity index (χ3v) is 3.47. The molecule has 1 aromatic carbocycles. The van der Waals surface area contributed by atoms with Crippen molar-refractivity contribution in [3.8, 4) is 0 Å². The van der Waals surface area contributed by atoms with Crippen LogP contribution in [0.15, 0.2) is 36.5 Å². The second kappa shape index (κ2) is 9.15. The normalized spacial score (nSPS) is 10.9. The average Bonchev–Trinajstić information content (AvgIpc) is 3.05. The highest BCUT2D eigenvalue weighted by molar-refractivity contribution is 6.05. The van der Waals surface area contributed by atoms with Crippen LogP contribution in [-0.4, -0.2) is 36.0 Å². The Bertz CT molecular complexity index is 722. The molecule has 0 unspecified atom stereocenters. The van der Waals surface area contributed by atoms with Gasteiger partial charge in [0.1, 0.15) is 5.69 Å². The van der Waals surface area contributed by atoms with E-state index in [0.717, 1.165) is 5.56 Å². The molecule has 2 rings (SSSR count). The number of amides is 1. The van der Waals surface area contributed by atoms with Crippen molar-refractivity contribution in [2.75, 3.05) is 18.5 Å². The van der Waals surface area contributed by atoms with E-state index in [4.69, 9.17) is 9.47 Å². The van der Waals surface area contributed by atoms with Gasteiger partial charge in [-0.2, -0.15) is 0 Å². The van der Waals surface area contributed by atoms with Crippen LogP contribution in [0.5, 0.6) is 0 Å². The minimum Gasteiger partial charge on any atom is -0.376 e. The van der Waals surface area contributed by atoms with Crippen LogP contribution in [0.25, 0.3) is 0 Å². The first-order valence-corrected chi connectivity index (χ1v) is 8.24. The van der Waals surface area contributed by atoms with E-state index in [1.54, 1.807) is 12.1 Å². The summed E-state index contributed by atoms with van der Waals surface area (Å²) >= 11 is 0. The summed E-state index contributed by atoms with van der Waals surface area (Å²) < 4.78 is 11.0. The topological polar surface area (TPSA) is 80.4 Å². The van der Waals surface area contributed by atoms with Crippen molar-refractivity contribution in [3.05, 3.63) is 53.3 Å². The van der Waals surface area contributed by atoms with Crippen molar-refractivity contribution in [2.24, 2.45) is 0 Å². The molecule has 0 aliphatic carbocycles. The number of ketones is 1. The first-order chi connectivity index (χ1) is 12.0. The van der Waals surface area contributed by atoms with Gasteiger partial charge < -0.3 is 19.8 Å². The molecule has 2 N–H and O–H groups in total. The average molecular weight is 344 g/mol. The van der Waals surface area contributed by atoms with Crippen LogP contribution in [0.4, 0.5) is 5.69 Å². The first-order valence-electron chi connectivity index (χ1n) is 8.24. The number of anilines is 1. The Morgan fingerprint density at radius 1 is 1.20 bits per heavy atom. The summed E-state index contributed by atoms with van der Waals surface area (Å²) in [6.07, 6.45) is 1.72. The Labute approximate surface area is 147 Å². The minimum atomic E-state index is -0.295. The maximum Gasteiger partial charge on any atom is 0.272 e. The molecule has 1 heterocycles. The Morgan fingerprint density at radius 2 is 2.00 bits per heavy atom. The molecule has 0 radical (unpaired) electrons. The van der Waals surface area contributed by atoms with Crippen molar-refractivity contribution < 1.29 is 19.1 Å². The van der Waals surface area contributed by atoms with Crippen molar-refractivity contribution in [3.63, 3.8) is 0 Å². The van der Waals surface area contributed by atoms with E-state index in [0.29, 0.717) is 36.8 Å². The number of rotatable bonds is 9. The van der Waals surface area contributed by atoms with Gasteiger partial charge in [0.2, 0.25) is 0 Å². The lowest BCUT2D eigenvalue weighted by molar-refractivity contribution is 0.0143. The molecule has 0 aliphatic rings. The van der Waals surface area contributed by atoms with E-state index < -0.39 is 0 Å². The summed E-state index contributed by atoms with van der Waals surface area (Å²) in [7, 11) is 0. The van der Waals surface area contributed by atoms with Gasteiger partial charge in [0, 0.05) is 17.4 Å². The van der Waals surface area contributed by atoms with Crippen LogP contribution < -0.4 is 5.32 Å². The van der Waals surface area contributed by atoms with Crippen LogP contribution in [0, 0.1) is 0 Å². The highest BCUT2D eigenvalue weighted by atomic mass is 16.5. The number of Topliss-reactive ketones (excluding diaryl/α,β-unsaturated/α-hetero) is 1. The third-order valence-electron chi connectivity index (χ3n) is 3.47. The third kappa shape index (κ3) is 6.17. The van der Waals surface area contributed by atoms with E-state index in [-0.39, 0.29) is 17.8 Å². The van der Waals surface area contributed by atoms with Crippen molar-refractivity contribution in [1.82, 2.24) is 4.98 Å². The molecule has 0 aliphatic heterocycles. The summed E-state index contributed by atoms with van der Waals surface area (Å²) in [6.45, 7) is 6.94. The number of benzene rings is 1. The van der Waals surface area contributed by atoms with E-state index in [1.165, 1.54) is 13.1 Å². The van der Waals surface area contributed by atoms with Crippen LogP contribution in [0.1, 0.15) is 47.2 Å². The standard InChI is InChI=1S/C19H24N2O4/c1-13(2)25-8-7-24-12-15-5-4-6-17(9-15)21-19(23)18-10-16(11-20-18)14(3)22/h4-6,9-11,13,20H,7-8,12H2,1-3H3,(H,21,23). The van der Waals surface area contributed by atoms with E-state index >= 15 is 0 Å². The smallest absolute Gasteiger partial charge is 0.272 e. The van der Waals surface area contributed by atoms with Gasteiger partial charge in [-0.1, -0.05) is 12.1 Å². The molecule has 1 amide bonds. The predicted molar refractivity (Wildman–Crippen MR) is 95.9 cm³/mol. The van der Waals surface area contributed by atoms with Crippen LogP contribution in [0.2, 0.25) is 0 Å². The highest BCUT2D eigenvalue weighted by Gasteiger charge is 2.11. The van der Waals surface area contributed by atoms with Gasteiger partial charge >= 0.3 is 0 Å².